The molecule has 1 aromatic carbocycles. The molecule has 0 bridgehead atoms. The van der Waals surface area contributed by atoms with E-state index in [1.165, 1.54) is 17.0 Å². The fourth-order valence-electron chi connectivity index (χ4n) is 1.72. The van der Waals surface area contributed by atoms with Gasteiger partial charge in [-0.25, -0.2) is 4.39 Å². The summed E-state index contributed by atoms with van der Waals surface area (Å²) < 4.78 is 13.2. The van der Waals surface area contributed by atoms with Crippen molar-refractivity contribution in [2.75, 3.05) is 13.1 Å². The summed E-state index contributed by atoms with van der Waals surface area (Å²) in [5.41, 5.74) is -0.756. The number of carbonyl (C=O) groups is 1. The van der Waals surface area contributed by atoms with Gasteiger partial charge in [0.2, 0.25) is 0 Å². The zero-order chi connectivity index (χ0) is 11.1. The Hall–Kier alpha value is -1.42. The quantitative estimate of drug-likeness (QED) is 0.750. The van der Waals surface area contributed by atoms with Crippen LogP contribution in [0.1, 0.15) is 17.3 Å². The Labute approximate surface area is 87.1 Å². The number of amides is 1. The molecule has 1 N–H and O–H groups in total. The van der Waals surface area contributed by atoms with E-state index in [1.807, 2.05) is 0 Å². The number of carbonyl (C=O) groups excluding carboxylic acids is 1. The van der Waals surface area contributed by atoms with E-state index in [2.05, 4.69) is 0 Å². The number of rotatable bonds is 1. The largest absolute Gasteiger partial charge is 0.386 e. The van der Waals surface area contributed by atoms with Gasteiger partial charge in [0.15, 0.2) is 0 Å². The maximum Gasteiger partial charge on any atom is 0.257 e. The number of β-amino-alcohol motifs (C(OH)–C–C–N with tert-alkyl or cyclic N) is 1. The SMILES string of the molecule is CC1(O)CN(C(=O)c2ccccc2F)C1. The van der Waals surface area contributed by atoms with E-state index in [-0.39, 0.29) is 24.6 Å². The van der Waals surface area contributed by atoms with Crippen LogP contribution in [-0.4, -0.2) is 34.6 Å². The van der Waals surface area contributed by atoms with Crippen molar-refractivity contribution in [1.82, 2.24) is 4.90 Å². The Morgan fingerprint density at radius 3 is 2.60 bits per heavy atom. The fourth-order valence-corrected chi connectivity index (χ4v) is 1.72. The van der Waals surface area contributed by atoms with Crippen molar-refractivity contribution in [3.8, 4) is 0 Å². The van der Waals surface area contributed by atoms with Crippen LogP contribution in [0.5, 0.6) is 0 Å². The molecule has 3 nitrogen and oxygen atoms in total. The van der Waals surface area contributed by atoms with Crippen LogP contribution in [0, 0.1) is 5.82 Å². The second kappa shape index (κ2) is 3.31. The van der Waals surface area contributed by atoms with E-state index in [9.17, 15) is 14.3 Å². The predicted octanol–water partition coefficient (Wildman–Crippen LogP) is 1.03. The molecule has 0 atom stereocenters. The lowest BCUT2D eigenvalue weighted by molar-refractivity contribution is -0.0670. The van der Waals surface area contributed by atoms with E-state index in [1.54, 1.807) is 19.1 Å². The number of hydrogen-bond donors (Lipinski definition) is 1. The van der Waals surface area contributed by atoms with Gasteiger partial charge in [0.25, 0.3) is 5.91 Å². The summed E-state index contributed by atoms with van der Waals surface area (Å²) in [7, 11) is 0. The number of halogens is 1. The molecule has 0 spiro atoms. The van der Waals surface area contributed by atoms with Gasteiger partial charge in [0.1, 0.15) is 5.82 Å². The summed E-state index contributed by atoms with van der Waals surface area (Å²) in [6.45, 7) is 2.18. The van der Waals surface area contributed by atoms with Gasteiger partial charge in [-0.2, -0.15) is 0 Å². The molecule has 0 aliphatic carbocycles. The monoisotopic (exact) mass is 209 g/mol. The van der Waals surface area contributed by atoms with E-state index in [0.717, 1.165) is 0 Å². The van der Waals surface area contributed by atoms with Crippen LogP contribution in [0.15, 0.2) is 24.3 Å². The minimum absolute atomic E-state index is 0.0630. The minimum atomic E-state index is -0.819. The van der Waals surface area contributed by atoms with Crippen LogP contribution >= 0.6 is 0 Å². The fraction of sp³-hybridized carbons (Fsp3) is 0.364. The summed E-state index contributed by atoms with van der Waals surface area (Å²) in [5.74, 6) is -0.881. The Morgan fingerprint density at radius 2 is 2.07 bits per heavy atom. The van der Waals surface area contributed by atoms with Crippen molar-refractivity contribution in [3.63, 3.8) is 0 Å². The highest BCUT2D eigenvalue weighted by molar-refractivity contribution is 5.95. The molecule has 15 heavy (non-hydrogen) atoms. The lowest BCUT2D eigenvalue weighted by Gasteiger charge is -2.44. The summed E-state index contributed by atoms with van der Waals surface area (Å²) in [6, 6.07) is 5.86. The molecule has 1 saturated heterocycles. The average Bonchev–Trinajstić information content (AvgIpc) is 2.14. The number of benzene rings is 1. The van der Waals surface area contributed by atoms with Crippen LogP contribution in [0.4, 0.5) is 4.39 Å². The highest BCUT2D eigenvalue weighted by Gasteiger charge is 2.40. The molecule has 80 valence electrons. The van der Waals surface area contributed by atoms with Gasteiger partial charge in [-0.1, -0.05) is 12.1 Å². The van der Waals surface area contributed by atoms with Crippen LogP contribution < -0.4 is 0 Å². The molecule has 0 aromatic heterocycles. The molecule has 1 aromatic rings. The first-order valence-corrected chi connectivity index (χ1v) is 4.76. The average molecular weight is 209 g/mol. The molecule has 2 rings (SSSR count). The molecule has 1 amide bonds. The third kappa shape index (κ3) is 1.85. The highest BCUT2D eigenvalue weighted by atomic mass is 19.1. The third-order valence-corrected chi connectivity index (χ3v) is 2.45. The summed E-state index contributed by atoms with van der Waals surface area (Å²) in [4.78, 5) is 13.1. The zero-order valence-corrected chi connectivity index (χ0v) is 8.40. The molecule has 1 aliphatic heterocycles. The lowest BCUT2D eigenvalue weighted by Crippen LogP contribution is -2.61. The highest BCUT2D eigenvalue weighted by Crippen LogP contribution is 2.22. The second-order valence-electron chi connectivity index (χ2n) is 4.14. The Kier molecular flexibility index (Phi) is 2.23. The van der Waals surface area contributed by atoms with E-state index >= 15 is 0 Å². The molecule has 1 heterocycles. The third-order valence-electron chi connectivity index (χ3n) is 2.45. The first-order valence-electron chi connectivity index (χ1n) is 4.76. The van der Waals surface area contributed by atoms with Crippen LogP contribution in [0.2, 0.25) is 0 Å². The molecular weight excluding hydrogens is 197 g/mol. The first-order chi connectivity index (χ1) is 6.99. The van der Waals surface area contributed by atoms with E-state index in [4.69, 9.17) is 0 Å². The molecule has 0 unspecified atom stereocenters. The van der Waals surface area contributed by atoms with Gasteiger partial charge >= 0.3 is 0 Å². The van der Waals surface area contributed by atoms with Crippen molar-refractivity contribution in [1.29, 1.82) is 0 Å². The lowest BCUT2D eigenvalue weighted by atomic mass is 9.96. The normalized spacial score (nSPS) is 18.5. The number of likely N-dealkylation sites (tertiary alicyclic amines) is 1. The molecule has 1 aliphatic rings. The van der Waals surface area contributed by atoms with Gasteiger partial charge in [0.05, 0.1) is 24.3 Å². The maximum atomic E-state index is 13.2. The molecular formula is C11H12FNO2. The van der Waals surface area contributed by atoms with Gasteiger partial charge < -0.3 is 10.0 Å². The van der Waals surface area contributed by atoms with Crippen LogP contribution in [0.3, 0.4) is 0 Å². The summed E-state index contributed by atoms with van der Waals surface area (Å²) >= 11 is 0. The number of aliphatic hydroxyl groups is 1. The topological polar surface area (TPSA) is 40.5 Å². The van der Waals surface area contributed by atoms with Crippen LogP contribution in [0.25, 0.3) is 0 Å². The molecule has 0 radical (unpaired) electrons. The minimum Gasteiger partial charge on any atom is -0.386 e. The van der Waals surface area contributed by atoms with Gasteiger partial charge in [-0.15, -0.1) is 0 Å². The van der Waals surface area contributed by atoms with Crippen molar-refractivity contribution in [2.24, 2.45) is 0 Å². The maximum absolute atomic E-state index is 13.2. The van der Waals surface area contributed by atoms with Crippen molar-refractivity contribution in [3.05, 3.63) is 35.6 Å². The molecule has 0 saturated carbocycles. The molecule has 1 fully saturated rings. The Balaban J connectivity index is 2.14. The predicted molar refractivity (Wildman–Crippen MR) is 52.9 cm³/mol. The molecule has 4 heteroatoms. The smallest absolute Gasteiger partial charge is 0.257 e. The summed E-state index contributed by atoms with van der Waals surface area (Å²) in [6.07, 6.45) is 0. The van der Waals surface area contributed by atoms with Gasteiger partial charge in [0, 0.05) is 0 Å². The van der Waals surface area contributed by atoms with Gasteiger partial charge in [-0.3, -0.25) is 4.79 Å². The summed E-state index contributed by atoms with van der Waals surface area (Å²) in [5, 5.41) is 9.46. The Bertz CT molecular complexity index is 395. The Morgan fingerprint density at radius 1 is 1.47 bits per heavy atom. The van der Waals surface area contributed by atoms with E-state index in [0.29, 0.717) is 0 Å². The standard InChI is InChI=1S/C11H12FNO2/c1-11(15)6-13(7-11)10(14)8-4-2-3-5-9(8)12/h2-5,15H,6-7H2,1H3. The second-order valence-corrected chi connectivity index (χ2v) is 4.14. The van der Waals surface area contributed by atoms with E-state index < -0.39 is 11.4 Å². The van der Waals surface area contributed by atoms with Crippen molar-refractivity contribution < 1.29 is 14.3 Å². The van der Waals surface area contributed by atoms with Crippen molar-refractivity contribution >= 4 is 5.91 Å². The van der Waals surface area contributed by atoms with Gasteiger partial charge in [-0.05, 0) is 19.1 Å². The van der Waals surface area contributed by atoms with Crippen molar-refractivity contribution in [2.45, 2.75) is 12.5 Å². The first kappa shape index (κ1) is 10.1. The number of nitrogens with zero attached hydrogens (tertiary/aromatic N) is 1. The zero-order valence-electron chi connectivity index (χ0n) is 8.40. The number of hydrogen-bond acceptors (Lipinski definition) is 2. The van der Waals surface area contributed by atoms with Crippen LogP contribution in [-0.2, 0) is 0 Å².